The van der Waals surface area contributed by atoms with Crippen LogP contribution in [0.5, 0.6) is 0 Å². The summed E-state index contributed by atoms with van der Waals surface area (Å²) in [5.74, 6) is 6.64. The molecule has 0 aliphatic carbocycles. The fourth-order valence-electron chi connectivity index (χ4n) is 1.10. The third-order valence-corrected chi connectivity index (χ3v) is 12.4. The molecule has 0 aliphatic heterocycles. The van der Waals surface area contributed by atoms with Crippen LogP contribution in [-0.4, -0.2) is 31.5 Å². The summed E-state index contributed by atoms with van der Waals surface area (Å²) < 4.78 is 22.5. The monoisotopic (exact) mass is 270 g/mol. The van der Waals surface area contributed by atoms with Gasteiger partial charge in [0.1, 0.15) is 0 Å². The molecule has 0 aromatic rings. The van der Waals surface area contributed by atoms with E-state index >= 15 is 0 Å². The predicted molar refractivity (Wildman–Crippen MR) is 59.1 cm³/mol. The minimum atomic E-state index is -2.76. The molecule has 0 spiro atoms. The summed E-state index contributed by atoms with van der Waals surface area (Å²) >= 11 is -1.85. The van der Waals surface area contributed by atoms with Gasteiger partial charge in [-0.1, -0.05) is 0 Å². The molecule has 0 bridgehead atoms. The van der Waals surface area contributed by atoms with Crippen LogP contribution in [0.2, 0.25) is 17.3 Å². The first kappa shape index (κ1) is 13.7. The Kier molecular flexibility index (Phi) is 5.84. The summed E-state index contributed by atoms with van der Waals surface area (Å²) in [5, 5.41) is 0. The molecule has 3 nitrogen and oxygen atoms in total. The van der Waals surface area contributed by atoms with Crippen molar-refractivity contribution in [1.82, 2.24) is 0 Å². The second-order valence-electron chi connectivity index (χ2n) is 4.17. The maximum atomic E-state index is 12.0. The first-order valence-electron chi connectivity index (χ1n) is 4.71. The average Bonchev–Trinajstić information content (AvgIpc) is 1.82. The van der Waals surface area contributed by atoms with E-state index in [1.54, 1.807) is 0 Å². The second kappa shape index (κ2) is 5.54. The van der Waals surface area contributed by atoms with Crippen LogP contribution in [0.4, 0.5) is 0 Å². The molecule has 5 heteroatoms. The van der Waals surface area contributed by atoms with Gasteiger partial charge in [-0.25, -0.2) is 0 Å². The van der Waals surface area contributed by atoms with Gasteiger partial charge in [-0.3, -0.25) is 0 Å². The first-order valence-corrected chi connectivity index (χ1v) is 14.2. The molecule has 0 unspecified atom stereocenters. The van der Waals surface area contributed by atoms with Crippen LogP contribution in [0.25, 0.3) is 0 Å². The van der Waals surface area contributed by atoms with Crippen molar-refractivity contribution >= 4 is 20.9 Å². The van der Waals surface area contributed by atoms with Crippen molar-refractivity contribution in [3.05, 3.63) is 0 Å². The van der Waals surface area contributed by atoms with E-state index in [0.29, 0.717) is 18.2 Å². The average molecular weight is 269 g/mol. The van der Waals surface area contributed by atoms with Gasteiger partial charge in [-0.15, -0.1) is 0 Å². The van der Waals surface area contributed by atoms with Crippen molar-refractivity contribution in [2.24, 2.45) is 0 Å². The van der Waals surface area contributed by atoms with E-state index in [0.717, 1.165) is 0 Å². The molecule has 13 heavy (non-hydrogen) atoms. The summed E-state index contributed by atoms with van der Waals surface area (Å²) in [6.45, 7) is 4.63. The third kappa shape index (κ3) is 6.72. The van der Waals surface area contributed by atoms with Crippen LogP contribution in [0, 0.1) is 0 Å². The Morgan fingerprint density at radius 2 is 1.46 bits per heavy atom. The zero-order valence-corrected chi connectivity index (χ0v) is 12.3. The Morgan fingerprint density at radius 1 is 1.08 bits per heavy atom. The van der Waals surface area contributed by atoms with Crippen LogP contribution in [-0.2, 0) is 13.6 Å². The molecule has 0 aromatic heterocycles. The summed E-state index contributed by atoms with van der Waals surface area (Å²) in [4.78, 5) is 0.661. The maximum absolute atomic E-state index is 12.0. The molecule has 0 N–H and O–H groups in total. The Bertz CT molecular complexity index is 178. The van der Waals surface area contributed by atoms with Crippen LogP contribution < -0.4 is 0 Å². The molecule has 0 amide bonds. The molecular formula is C8H21GeO3P. The van der Waals surface area contributed by atoms with E-state index in [2.05, 4.69) is 17.3 Å². The normalized spacial score (nSPS) is 13.3. The topological polar surface area (TPSA) is 35.5 Å². The first-order chi connectivity index (χ1) is 5.83. The summed E-state index contributed by atoms with van der Waals surface area (Å²) in [7, 11) is -2.76. The SMILES string of the molecule is CCOP(=O)([CH2][Ge]([CH3])([CH3])[CH3])OCC. The van der Waals surface area contributed by atoms with Gasteiger partial charge >= 0.3 is 83.8 Å². The van der Waals surface area contributed by atoms with Gasteiger partial charge in [0.2, 0.25) is 0 Å². The molecule has 0 radical (unpaired) electrons. The number of hydrogen-bond acceptors (Lipinski definition) is 3. The van der Waals surface area contributed by atoms with E-state index < -0.39 is 20.9 Å². The molecule has 0 saturated heterocycles. The van der Waals surface area contributed by atoms with Gasteiger partial charge in [0.05, 0.1) is 0 Å². The third-order valence-electron chi connectivity index (χ3n) is 1.32. The molecule has 80 valence electrons. The van der Waals surface area contributed by atoms with Gasteiger partial charge in [-0.05, 0) is 0 Å². The molecule has 0 rings (SSSR count). The van der Waals surface area contributed by atoms with E-state index in [4.69, 9.17) is 9.05 Å². The van der Waals surface area contributed by atoms with Gasteiger partial charge in [0.15, 0.2) is 0 Å². The molecule has 0 fully saturated rings. The van der Waals surface area contributed by atoms with E-state index in [1.165, 1.54) is 0 Å². The number of rotatable bonds is 6. The summed E-state index contributed by atoms with van der Waals surface area (Å²) in [6.07, 6.45) is 0. The fourth-order valence-corrected chi connectivity index (χ4v) is 11.8. The second-order valence-corrected chi connectivity index (χ2v) is 19.0. The molecule has 0 atom stereocenters. The Morgan fingerprint density at radius 3 is 1.69 bits per heavy atom. The Hall–Kier alpha value is 0.693. The van der Waals surface area contributed by atoms with E-state index in [1.807, 2.05) is 13.8 Å². The van der Waals surface area contributed by atoms with E-state index in [-0.39, 0.29) is 0 Å². The van der Waals surface area contributed by atoms with Crippen molar-refractivity contribution in [3.8, 4) is 0 Å². The van der Waals surface area contributed by atoms with Crippen LogP contribution in [0.15, 0.2) is 0 Å². The molecule has 0 aliphatic rings. The molecular weight excluding hydrogens is 248 g/mol. The van der Waals surface area contributed by atoms with Crippen molar-refractivity contribution in [2.45, 2.75) is 31.1 Å². The predicted octanol–water partition coefficient (Wildman–Crippen LogP) is 3.13. The van der Waals surface area contributed by atoms with E-state index in [9.17, 15) is 4.57 Å². The summed E-state index contributed by atoms with van der Waals surface area (Å²) in [6, 6.07) is 0. The Labute approximate surface area is 84.1 Å². The van der Waals surface area contributed by atoms with Crippen molar-refractivity contribution < 1.29 is 13.6 Å². The van der Waals surface area contributed by atoms with Gasteiger partial charge < -0.3 is 0 Å². The van der Waals surface area contributed by atoms with Crippen LogP contribution in [0.3, 0.4) is 0 Å². The Balaban J connectivity index is 4.33. The van der Waals surface area contributed by atoms with Gasteiger partial charge in [0.25, 0.3) is 0 Å². The van der Waals surface area contributed by atoms with Crippen LogP contribution in [0.1, 0.15) is 13.8 Å². The summed E-state index contributed by atoms with van der Waals surface area (Å²) in [5.41, 5.74) is 0. The fraction of sp³-hybridized carbons (Fsp3) is 1.00. The molecule has 0 heterocycles. The zero-order valence-electron chi connectivity index (χ0n) is 9.29. The van der Waals surface area contributed by atoms with Gasteiger partial charge in [-0.2, -0.15) is 0 Å². The van der Waals surface area contributed by atoms with Crippen molar-refractivity contribution in [2.75, 3.05) is 18.2 Å². The van der Waals surface area contributed by atoms with Crippen LogP contribution >= 0.6 is 7.60 Å². The minimum absolute atomic E-state index is 0.468. The van der Waals surface area contributed by atoms with Crippen molar-refractivity contribution in [1.29, 1.82) is 0 Å². The standard InChI is InChI=1S/C8H21GeO3P/c1-6-11-13(10,12-7-2)8-9(3,4)5/h6-8H2,1-5H3. The number of hydrogen-bond donors (Lipinski definition) is 0. The van der Waals surface area contributed by atoms with Gasteiger partial charge in [0, 0.05) is 0 Å². The zero-order chi connectivity index (χ0) is 10.5. The molecule has 0 aromatic carbocycles. The molecule has 0 saturated carbocycles. The quantitative estimate of drug-likeness (QED) is 0.548. The van der Waals surface area contributed by atoms with Crippen molar-refractivity contribution in [3.63, 3.8) is 0 Å².